The molecule has 0 bridgehead atoms. The van der Waals surface area contributed by atoms with Crippen molar-refractivity contribution in [1.29, 1.82) is 0 Å². The van der Waals surface area contributed by atoms with E-state index in [0.717, 1.165) is 36.8 Å². The highest BCUT2D eigenvalue weighted by Crippen LogP contribution is 2.18. The Morgan fingerprint density at radius 2 is 1.71 bits per heavy atom. The minimum atomic E-state index is -0.765. The molecule has 1 fully saturated rings. The summed E-state index contributed by atoms with van der Waals surface area (Å²) in [6, 6.07) is 5.78. The number of aryl methyl sites for hydroxylation is 2. The second-order valence-corrected chi connectivity index (χ2v) is 5.91. The number of carbonyl (C=O) groups is 2. The van der Waals surface area contributed by atoms with Gasteiger partial charge in [0.05, 0.1) is 5.56 Å². The van der Waals surface area contributed by atoms with E-state index in [2.05, 4.69) is 5.32 Å². The van der Waals surface area contributed by atoms with Crippen molar-refractivity contribution in [2.45, 2.75) is 58.6 Å². The molecule has 0 aliphatic heterocycles. The fraction of sp³-hybridized carbons (Fsp3) is 0.529. The van der Waals surface area contributed by atoms with E-state index in [4.69, 9.17) is 4.74 Å². The molecule has 1 aromatic carbocycles. The van der Waals surface area contributed by atoms with Crippen molar-refractivity contribution in [3.05, 3.63) is 34.9 Å². The van der Waals surface area contributed by atoms with Crippen molar-refractivity contribution >= 4 is 11.9 Å². The van der Waals surface area contributed by atoms with E-state index in [1.165, 1.54) is 0 Å². The van der Waals surface area contributed by atoms with Crippen LogP contribution in [0.25, 0.3) is 0 Å². The SMILES string of the molecule is Cc1cc(C)cc(C(=O)O[C@H](C)C(=O)NC2CCCC2)c1. The van der Waals surface area contributed by atoms with E-state index in [-0.39, 0.29) is 11.9 Å². The largest absolute Gasteiger partial charge is 0.449 e. The Morgan fingerprint density at radius 1 is 1.14 bits per heavy atom. The molecule has 4 nitrogen and oxygen atoms in total. The topological polar surface area (TPSA) is 55.4 Å². The number of hydrogen-bond acceptors (Lipinski definition) is 3. The van der Waals surface area contributed by atoms with Gasteiger partial charge in [-0.3, -0.25) is 4.79 Å². The van der Waals surface area contributed by atoms with Crippen LogP contribution in [0.1, 0.15) is 54.1 Å². The van der Waals surface area contributed by atoms with Crippen LogP contribution in [0.15, 0.2) is 18.2 Å². The molecule has 114 valence electrons. The summed E-state index contributed by atoms with van der Waals surface area (Å²) in [5, 5.41) is 2.94. The van der Waals surface area contributed by atoms with Crippen molar-refractivity contribution in [3.8, 4) is 0 Å². The summed E-state index contributed by atoms with van der Waals surface area (Å²) in [6.07, 6.45) is 3.58. The average Bonchev–Trinajstić information content (AvgIpc) is 2.90. The van der Waals surface area contributed by atoms with Gasteiger partial charge in [-0.1, -0.05) is 30.0 Å². The molecule has 1 saturated carbocycles. The third-order valence-electron chi connectivity index (χ3n) is 3.81. The number of rotatable bonds is 4. The molecular formula is C17H23NO3. The molecule has 1 N–H and O–H groups in total. The van der Waals surface area contributed by atoms with Gasteiger partial charge in [0.15, 0.2) is 6.10 Å². The minimum Gasteiger partial charge on any atom is -0.449 e. The second-order valence-electron chi connectivity index (χ2n) is 5.91. The lowest BCUT2D eigenvalue weighted by atomic mass is 10.1. The maximum atomic E-state index is 12.1. The van der Waals surface area contributed by atoms with Crippen LogP contribution in [0.5, 0.6) is 0 Å². The van der Waals surface area contributed by atoms with Crippen LogP contribution in [0.2, 0.25) is 0 Å². The smallest absolute Gasteiger partial charge is 0.338 e. The summed E-state index contributed by atoms with van der Waals surface area (Å²) < 4.78 is 5.27. The molecule has 1 amide bonds. The van der Waals surface area contributed by atoms with Crippen molar-refractivity contribution in [2.75, 3.05) is 0 Å². The van der Waals surface area contributed by atoms with Gasteiger partial charge in [-0.25, -0.2) is 4.79 Å². The lowest BCUT2D eigenvalue weighted by Crippen LogP contribution is -2.40. The molecule has 0 spiro atoms. The van der Waals surface area contributed by atoms with Crippen molar-refractivity contribution in [1.82, 2.24) is 5.32 Å². The van der Waals surface area contributed by atoms with Crippen LogP contribution in [-0.4, -0.2) is 24.0 Å². The molecule has 0 heterocycles. The van der Waals surface area contributed by atoms with Gasteiger partial charge < -0.3 is 10.1 Å². The third-order valence-corrected chi connectivity index (χ3v) is 3.81. The number of hydrogen-bond donors (Lipinski definition) is 1. The first-order valence-corrected chi connectivity index (χ1v) is 7.55. The van der Waals surface area contributed by atoms with Gasteiger partial charge in [-0.2, -0.15) is 0 Å². The summed E-state index contributed by atoms with van der Waals surface area (Å²) in [7, 11) is 0. The third kappa shape index (κ3) is 4.31. The number of carbonyl (C=O) groups excluding carboxylic acids is 2. The van der Waals surface area contributed by atoms with E-state index in [1.54, 1.807) is 19.1 Å². The summed E-state index contributed by atoms with van der Waals surface area (Å²) in [6.45, 7) is 5.48. The fourth-order valence-electron chi connectivity index (χ4n) is 2.76. The van der Waals surface area contributed by atoms with E-state index < -0.39 is 12.1 Å². The number of amides is 1. The number of benzene rings is 1. The average molecular weight is 289 g/mol. The predicted molar refractivity (Wildman–Crippen MR) is 81.2 cm³/mol. The predicted octanol–water partition coefficient (Wildman–Crippen LogP) is 2.91. The van der Waals surface area contributed by atoms with Crippen LogP contribution in [0.4, 0.5) is 0 Å². The monoisotopic (exact) mass is 289 g/mol. The molecule has 0 saturated heterocycles. The first kappa shape index (κ1) is 15.5. The Labute approximate surface area is 125 Å². The maximum Gasteiger partial charge on any atom is 0.338 e. The van der Waals surface area contributed by atoms with Gasteiger partial charge in [0.2, 0.25) is 0 Å². The zero-order valence-electron chi connectivity index (χ0n) is 12.9. The summed E-state index contributed by atoms with van der Waals surface area (Å²) >= 11 is 0. The number of nitrogens with one attached hydrogen (secondary N) is 1. The maximum absolute atomic E-state index is 12.1. The Kier molecular flexibility index (Phi) is 4.99. The Hall–Kier alpha value is -1.84. The van der Waals surface area contributed by atoms with Crippen LogP contribution in [-0.2, 0) is 9.53 Å². The summed E-state index contributed by atoms with van der Waals surface area (Å²) in [4.78, 5) is 24.1. The van der Waals surface area contributed by atoms with Gasteiger partial charge in [0, 0.05) is 6.04 Å². The van der Waals surface area contributed by atoms with Gasteiger partial charge in [0.25, 0.3) is 5.91 Å². The summed E-state index contributed by atoms with van der Waals surface area (Å²) in [5.41, 5.74) is 2.50. The molecule has 21 heavy (non-hydrogen) atoms. The lowest BCUT2D eigenvalue weighted by Gasteiger charge is -2.17. The zero-order valence-corrected chi connectivity index (χ0v) is 12.9. The zero-order chi connectivity index (χ0) is 15.4. The van der Waals surface area contributed by atoms with Crippen LogP contribution in [0.3, 0.4) is 0 Å². The van der Waals surface area contributed by atoms with Gasteiger partial charge in [-0.15, -0.1) is 0 Å². The quantitative estimate of drug-likeness (QED) is 0.867. The Morgan fingerprint density at radius 3 is 2.29 bits per heavy atom. The number of ether oxygens (including phenoxy) is 1. The molecule has 0 radical (unpaired) electrons. The highest BCUT2D eigenvalue weighted by molar-refractivity contribution is 5.92. The molecule has 1 aliphatic carbocycles. The lowest BCUT2D eigenvalue weighted by molar-refractivity contribution is -0.129. The molecule has 0 unspecified atom stereocenters. The van der Waals surface area contributed by atoms with Crippen molar-refractivity contribution < 1.29 is 14.3 Å². The highest BCUT2D eigenvalue weighted by atomic mass is 16.5. The first-order valence-electron chi connectivity index (χ1n) is 7.55. The Bertz CT molecular complexity index is 513. The van der Waals surface area contributed by atoms with Gasteiger partial charge >= 0.3 is 5.97 Å². The highest BCUT2D eigenvalue weighted by Gasteiger charge is 2.23. The molecule has 0 aromatic heterocycles. The molecule has 4 heteroatoms. The van der Waals surface area contributed by atoms with Crippen molar-refractivity contribution in [3.63, 3.8) is 0 Å². The minimum absolute atomic E-state index is 0.209. The molecule has 1 aliphatic rings. The van der Waals surface area contributed by atoms with Crippen LogP contribution in [0, 0.1) is 13.8 Å². The van der Waals surface area contributed by atoms with Gasteiger partial charge in [0.1, 0.15) is 0 Å². The van der Waals surface area contributed by atoms with Crippen molar-refractivity contribution in [2.24, 2.45) is 0 Å². The van der Waals surface area contributed by atoms with E-state index in [0.29, 0.717) is 5.56 Å². The standard InChI is InChI=1S/C17H23NO3/c1-11-8-12(2)10-14(9-11)17(20)21-13(3)16(19)18-15-6-4-5-7-15/h8-10,13,15H,4-7H2,1-3H3,(H,18,19)/t13-/m1/s1. The van der Waals surface area contributed by atoms with Gasteiger partial charge in [-0.05, 0) is 45.7 Å². The molecule has 2 rings (SSSR count). The first-order chi connectivity index (χ1) is 9.95. The number of esters is 1. The van der Waals surface area contributed by atoms with E-state index in [9.17, 15) is 9.59 Å². The molecular weight excluding hydrogens is 266 g/mol. The summed E-state index contributed by atoms with van der Waals surface area (Å²) in [5.74, 6) is -0.657. The second kappa shape index (κ2) is 6.74. The van der Waals surface area contributed by atoms with E-state index in [1.807, 2.05) is 19.9 Å². The Balaban J connectivity index is 1.93. The molecule has 1 atom stereocenters. The molecule has 1 aromatic rings. The van der Waals surface area contributed by atoms with Crippen LogP contribution >= 0.6 is 0 Å². The van der Waals surface area contributed by atoms with E-state index >= 15 is 0 Å². The van der Waals surface area contributed by atoms with Crippen LogP contribution < -0.4 is 5.32 Å². The normalized spacial score (nSPS) is 16.5. The fourth-order valence-corrected chi connectivity index (χ4v) is 2.76.